The lowest BCUT2D eigenvalue weighted by Crippen LogP contribution is -2.42. The Kier molecular flexibility index (Phi) is 4.38. The third kappa shape index (κ3) is 3.51. The van der Waals surface area contributed by atoms with Gasteiger partial charge in [0.1, 0.15) is 5.01 Å². The van der Waals surface area contributed by atoms with E-state index in [1.54, 1.807) is 11.3 Å². The lowest BCUT2D eigenvalue weighted by atomic mass is 9.83. The smallest absolute Gasteiger partial charge is 0.123 e. The molecule has 3 nitrogen and oxygen atoms in total. The van der Waals surface area contributed by atoms with E-state index in [1.165, 1.54) is 16.9 Å². The fraction of sp³-hybridized carbons (Fsp3) is 0.471. The zero-order chi connectivity index (χ0) is 14.7. The average molecular weight is 302 g/mol. The van der Waals surface area contributed by atoms with Gasteiger partial charge in [-0.3, -0.25) is 4.90 Å². The van der Waals surface area contributed by atoms with E-state index < -0.39 is 0 Å². The number of thiazole rings is 1. The number of piperidine rings is 1. The van der Waals surface area contributed by atoms with Gasteiger partial charge in [0.2, 0.25) is 0 Å². The highest BCUT2D eigenvalue weighted by atomic mass is 32.1. The van der Waals surface area contributed by atoms with Crippen LogP contribution in [-0.4, -0.2) is 34.7 Å². The topological polar surface area (TPSA) is 36.4 Å². The van der Waals surface area contributed by atoms with Crippen LogP contribution in [0.3, 0.4) is 0 Å². The van der Waals surface area contributed by atoms with Crippen molar-refractivity contribution in [3.8, 4) is 10.6 Å². The molecule has 1 N–H and O–H groups in total. The fourth-order valence-electron chi connectivity index (χ4n) is 3.01. The Morgan fingerprint density at radius 3 is 2.90 bits per heavy atom. The summed E-state index contributed by atoms with van der Waals surface area (Å²) in [6.45, 7) is 5.50. The maximum atomic E-state index is 9.55. The van der Waals surface area contributed by atoms with Crippen molar-refractivity contribution >= 4 is 11.3 Å². The van der Waals surface area contributed by atoms with Gasteiger partial charge in [0.05, 0.1) is 0 Å². The average Bonchev–Trinajstić information content (AvgIpc) is 2.97. The molecule has 2 aromatic rings. The molecule has 0 aliphatic carbocycles. The standard InChI is InChI=1S/C17H22N2OS/c1-17(13-20)8-5-9-19(12-17)11-15-10-18-16(21-15)14-6-3-2-4-7-14/h2-4,6-7,10,20H,5,8-9,11-13H2,1H3. The maximum Gasteiger partial charge on any atom is 0.123 e. The SMILES string of the molecule is CC1(CO)CCCN(Cc2cnc(-c3ccccc3)s2)C1. The monoisotopic (exact) mass is 302 g/mol. The van der Waals surface area contributed by atoms with Crippen molar-refractivity contribution in [1.29, 1.82) is 0 Å². The van der Waals surface area contributed by atoms with Crippen molar-refractivity contribution in [2.24, 2.45) is 5.41 Å². The van der Waals surface area contributed by atoms with Crippen LogP contribution in [0.2, 0.25) is 0 Å². The molecular formula is C17H22N2OS. The molecule has 3 rings (SSSR count). The van der Waals surface area contributed by atoms with Crippen molar-refractivity contribution in [3.63, 3.8) is 0 Å². The van der Waals surface area contributed by atoms with Crippen LogP contribution < -0.4 is 0 Å². The highest BCUT2D eigenvalue weighted by Crippen LogP contribution is 2.31. The van der Waals surface area contributed by atoms with E-state index >= 15 is 0 Å². The normalized spacial score (nSPS) is 23.3. The summed E-state index contributed by atoms with van der Waals surface area (Å²) >= 11 is 1.77. The summed E-state index contributed by atoms with van der Waals surface area (Å²) in [5.74, 6) is 0. The number of rotatable bonds is 4. The highest BCUT2D eigenvalue weighted by Gasteiger charge is 2.30. The van der Waals surface area contributed by atoms with Gasteiger partial charge in [0.25, 0.3) is 0 Å². The van der Waals surface area contributed by atoms with E-state index in [0.29, 0.717) is 0 Å². The second-order valence-electron chi connectivity index (χ2n) is 6.28. The van der Waals surface area contributed by atoms with Crippen LogP contribution in [0.1, 0.15) is 24.6 Å². The second-order valence-corrected chi connectivity index (χ2v) is 7.40. The predicted molar refractivity (Wildman–Crippen MR) is 87.3 cm³/mol. The van der Waals surface area contributed by atoms with Gasteiger partial charge in [0.15, 0.2) is 0 Å². The Bertz CT molecular complexity index is 583. The summed E-state index contributed by atoms with van der Waals surface area (Å²) < 4.78 is 0. The largest absolute Gasteiger partial charge is 0.396 e. The van der Waals surface area contributed by atoms with Crippen LogP contribution in [-0.2, 0) is 6.54 Å². The summed E-state index contributed by atoms with van der Waals surface area (Å²) in [7, 11) is 0. The minimum Gasteiger partial charge on any atom is -0.396 e. The van der Waals surface area contributed by atoms with Gasteiger partial charge in [-0.1, -0.05) is 37.3 Å². The first-order chi connectivity index (χ1) is 10.2. The summed E-state index contributed by atoms with van der Waals surface area (Å²) in [6.07, 6.45) is 4.29. The second kappa shape index (κ2) is 6.26. The molecule has 0 bridgehead atoms. The maximum absolute atomic E-state index is 9.55. The Labute approximate surface area is 130 Å². The molecule has 21 heavy (non-hydrogen) atoms. The summed E-state index contributed by atoms with van der Waals surface area (Å²) in [4.78, 5) is 8.30. The van der Waals surface area contributed by atoms with Gasteiger partial charge in [-0.15, -0.1) is 11.3 Å². The zero-order valence-electron chi connectivity index (χ0n) is 12.5. The Morgan fingerprint density at radius 1 is 1.33 bits per heavy atom. The first-order valence-corrected chi connectivity index (χ1v) is 8.34. The molecule has 1 saturated heterocycles. The minimum absolute atomic E-state index is 0.0607. The number of hydrogen-bond donors (Lipinski definition) is 1. The molecule has 0 radical (unpaired) electrons. The highest BCUT2D eigenvalue weighted by molar-refractivity contribution is 7.15. The Hall–Kier alpha value is -1.23. The third-order valence-electron chi connectivity index (χ3n) is 4.20. The molecule has 1 aliphatic rings. The van der Waals surface area contributed by atoms with Crippen LogP contribution in [0.5, 0.6) is 0 Å². The molecule has 1 unspecified atom stereocenters. The van der Waals surface area contributed by atoms with E-state index in [4.69, 9.17) is 0 Å². The van der Waals surface area contributed by atoms with E-state index in [1.807, 2.05) is 24.4 Å². The van der Waals surface area contributed by atoms with E-state index in [2.05, 4.69) is 28.9 Å². The number of aliphatic hydroxyl groups is 1. The van der Waals surface area contributed by atoms with Crippen LogP contribution >= 0.6 is 11.3 Å². The molecule has 112 valence electrons. The summed E-state index contributed by atoms with van der Waals surface area (Å²) in [6, 6.07) is 10.3. The molecule has 1 atom stereocenters. The van der Waals surface area contributed by atoms with Crippen molar-refractivity contribution in [1.82, 2.24) is 9.88 Å². The van der Waals surface area contributed by atoms with Crippen LogP contribution in [0.25, 0.3) is 10.6 Å². The number of nitrogens with zero attached hydrogens (tertiary/aromatic N) is 2. The quantitative estimate of drug-likeness (QED) is 0.940. The molecule has 0 saturated carbocycles. The zero-order valence-corrected chi connectivity index (χ0v) is 13.3. The van der Waals surface area contributed by atoms with Crippen molar-refractivity contribution < 1.29 is 5.11 Å². The van der Waals surface area contributed by atoms with Gasteiger partial charge in [-0.05, 0) is 19.4 Å². The van der Waals surface area contributed by atoms with Crippen molar-refractivity contribution in [3.05, 3.63) is 41.4 Å². The number of aromatic nitrogens is 1. The van der Waals surface area contributed by atoms with E-state index in [-0.39, 0.29) is 12.0 Å². The molecule has 1 aromatic carbocycles. The molecule has 0 spiro atoms. The van der Waals surface area contributed by atoms with Gasteiger partial charge in [-0.2, -0.15) is 0 Å². The predicted octanol–water partition coefficient (Wildman–Crippen LogP) is 3.40. The number of aliphatic hydroxyl groups excluding tert-OH is 1. The van der Waals surface area contributed by atoms with Gasteiger partial charge in [-0.25, -0.2) is 4.98 Å². The van der Waals surface area contributed by atoms with Crippen LogP contribution in [0, 0.1) is 5.41 Å². The Balaban J connectivity index is 1.67. The van der Waals surface area contributed by atoms with E-state index in [0.717, 1.165) is 31.1 Å². The first-order valence-electron chi connectivity index (χ1n) is 7.52. The lowest BCUT2D eigenvalue weighted by molar-refractivity contribution is 0.0434. The lowest BCUT2D eigenvalue weighted by Gasteiger charge is -2.39. The number of hydrogen-bond acceptors (Lipinski definition) is 4. The Morgan fingerprint density at radius 2 is 2.14 bits per heavy atom. The third-order valence-corrected chi connectivity index (χ3v) is 5.23. The molecule has 1 fully saturated rings. The minimum atomic E-state index is 0.0607. The molecule has 1 aromatic heterocycles. The first kappa shape index (κ1) is 14.7. The number of benzene rings is 1. The molecular weight excluding hydrogens is 280 g/mol. The molecule has 2 heterocycles. The van der Waals surface area contributed by atoms with Gasteiger partial charge >= 0.3 is 0 Å². The van der Waals surface area contributed by atoms with Gasteiger partial charge in [0, 0.05) is 41.7 Å². The van der Waals surface area contributed by atoms with Crippen molar-refractivity contribution in [2.45, 2.75) is 26.3 Å². The van der Waals surface area contributed by atoms with Crippen LogP contribution in [0.4, 0.5) is 0 Å². The van der Waals surface area contributed by atoms with Crippen molar-refractivity contribution in [2.75, 3.05) is 19.7 Å². The molecule has 1 aliphatic heterocycles. The molecule has 4 heteroatoms. The van der Waals surface area contributed by atoms with Crippen LogP contribution in [0.15, 0.2) is 36.5 Å². The van der Waals surface area contributed by atoms with E-state index in [9.17, 15) is 5.11 Å². The summed E-state index contributed by atoms with van der Waals surface area (Å²) in [5.41, 5.74) is 1.25. The number of likely N-dealkylation sites (tertiary alicyclic amines) is 1. The fourth-order valence-corrected chi connectivity index (χ4v) is 3.97. The van der Waals surface area contributed by atoms with Gasteiger partial charge < -0.3 is 5.11 Å². The molecule has 0 amide bonds. The summed E-state index contributed by atoms with van der Waals surface area (Å²) in [5, 5.41) is 10.6.